The standard InChI is InChI=1S/C20H25N5O2/c1-3-27-18(26)8-13-14-10-24(11-15(13)14)17-9-16-19(22-6-5-21-16)20(23-17)25-7-4-12(25)2/h5-6,9,12-15H,3-4,7-8,10-11H2,1-2H3/t12-,13?,14-,15+/m0/s1. The van der Waals surface area contributed by atoms with Crippen molar-refractivity contribution in [1.29, 1.82) is 0 Å². The Morgan fingerprint density at radius 2 is 2.04 bits per heavy atom. The van der Waals surface area contributed by atoms with Gasteiger partial charge in [0.15, 0.2) is 5.82 Å². The number of hydrogen-bond acceptors (Lipinski definition) is 7. The second-order valence-electron chi connectivity index (χ2n) is 7.96. The minimum absolute atomic E-state index is 0.0587. The normalized spacial score (nSPS) is 28.8. The molecule has 0 aromatic carbocycles. The van der Waals surface area contributed by atoms with Crippen molar-refractivity contribution < 1.29 is 9.53 Å². The van der Waals surface area contributed by atoms with E-state index in [1.165, 1.54) is 6.42 Å². The Morgan fingerprint density at radius 3 is 2.70 bits per heavy atom. The molecule has 0 amide bonds. The molecule has 2 aromatic heterocycles. The molecule has 3 aliphatic rings. The summed E-state index contributed by atoms with van der Waals surface area (Å²) >= 11 is 0. The van der Waals surface area contributed by atoms with Gasteiger partial charge in [-0.25, -0.2) is 9.97 Å². The van der Waals surface area contributed by atoms with E-state index in [0.717, 1.165) is 42.3 Å². The quantitative estimate of drug-likeness (QED) is 0.751. The molecule has 4 heterocycles. The summed E-state index contributed by atoms with van der Waals surface area (Å²) in [7, 11) is 0. The molecular weight excluding hydrogens is 342 g/mol. The van der Waals surface area contributed by atoms with Gasteiger partial charge in [0.25, 0.3) is 0 Å². The third kappa shape index (κ3) is 2.80. The van der Waals surface area contributed by atoms with Crippen LogP contribution in [-0.2, 0) is 9.53 Å². The average molecular weight is 367 g/mol. The fraction of sp³-hybridized carbons (Fsp3) is 0.600. The van der Waals surface area contributed by atoms with Crippen LogP contribution in [0.2, 0.25) is 0 Å². The van der Waals surface area contributed by atoms with Crippen LogP contribution in [0, 0.1) is 17.8 Å². The summed E-state index contributed by atoms with van der Waals surface area (Å²) in [4.78, 5) is 30.5. The second kappa shape index (κ2) is 6.32. The molecule has 1 saturated carbocycles. The molecule has 1 aliphatic carbocycles. The monoisotopic (exact) mass is 367 g/mol. The van der Waals surface area contributed by atoms with Crippen LogP contribution >= 0.6 is 0 Å². The summed E-state index contributed by atoms with van der Waals surface area (Å²) < 4.78 is 5.10. The van der Waals surface area contributed by atoms with Crippen LogP contribution in [-0.4, -0.2) is 53.2 Å². The van der Waals surface area contributed by atoms with E-state index in [0.29, 0.717) is 36.8 Å². The lowest BCUT2D eigenvalue weighted by atomic mass is 10.1. The zero-order valence-electron chi connectivity index (χ0n) is 15.8. The fourth-order valence-corrected chi connectivity index (χ4v) is 4.69. The molecule has 142 valence electrons. The van der Waals surface area contributed by atoms with Crippen LogP contribution in [0.5, 0.6) is 0 Å². The summed E-state index contributed by atoms with van der Waals surface area (Å²) in [5.74, 6) is 3.53. The number of anilines is 2. The molecular formula is C20H25N5O2. The summed E-state index contributed by atoms with van der Waals surface area (Å²) in [6.07, 6.45) is 5.23. The van der Waals surface area contributed by atoms with Gasteiger partial charge in [-0.1, -0.05) is 0 Å². The molecule has 1 unspecified atom stereocenters. The van der Waals surface area contributed by atoms with Crippen LogP contribution in [0.4, 0.5) is 11.6 Å². The van der Waals surface area contributed by atoms with Gasteiger partial charge in [-0.3, -0.25) is 9.78 Å². The number of esters is 1. The molecule has 2 saturated heterocycles. The van der Waals surface area contributed by atoms with Crippen molar-refractivity contribution in [2.24, 2.45) is 17.8 Å². The van der Waals surface area contributed by atoms with E-state index >= 15 is 0 Å². The topological polar surface area (TPSA) is 71.5 Å². The molecule has 0 N–H and O–H groups in total. The van der Waals surface area contributed by atoms with E-state index < -0.39 is 0 Å². The highest BCUT2D eigenvalue weighted by Gasteiger charge is 2.56. The number of carbonyl (C=O) groups is 1. The first-order valence-corrected chi connectivity index (χ1v) is 9.94. The van der Waals surface area contributed by atoms with Crippen molar-refractivity contribution in [2.75, 3.05) is 36.0 Å². The third-order valence-corrected chi connectivity index (χ3v) is 6.42. The zero-order chi connectivity index (χ0) is 18.5. The molecule has 27 heavy (non-hydrogen) atoms. The minimum Gasteiger partial charge on any atom is -0.466 e. The largest absolute Gasteiger partial charge is 0.466 e. The lowest BCUT2D eigenvalue weighted by Crippen LogP contribution is -2.46. The fourth-order valence-electron chi connectivity index (χ4n) is 4.69. The molecule has 0 radical (unpaired) electrons. The van der Waals surface area contributed by atoms with Gasteiger partial charge in [-0.15, -0.1) is 0 Å². The summed E-state index contributed by atoms with van der Waals surface area (Å²) in [6.45, 7) is 7.50. The molecule has 0 spiro atoms. The molecule has 7 heteroatoms. The summed E-state index contributed by atoms with van der Waals surface area (Å²) in [5.41, 5.74) is 1.79. The van der Waals surface area contributed by atoms with E-state index in [4.69, 9.17) is 9.72 Å². The number of piperidine rings is 1. The Balaban J connectivity index is 1.36. The van der Waals surface area contributed by atoms with Crippen LogP contribution in [0.3, 0.4) is 0 Å². The van der Waals surface area contributed by atoms with Gasteiger partial charge in [0.1, 0.15) is 11.3 Å². The zero-order valence-corrected chi connectivity index (χ0v) is 15.8. The highest BCUT2D eigenvalue weighted by molar-refractivity contribution is 5.88. The molecule has 4 atom stereocenters. The lowest BCUT2D eigenvalue weighted by Gasteiger charge is -2.40. The van der Waals surface area contributed by atoms with Crippen LogP contribution in [0.15, 0.2) is 18.5 Å². The number of nitrogens with zero attached hydrogens (tertiary/aromatic N) is 5. The SMILES string of the molecule is CCOC(=O)CC1[C@H]2CN(c3cc4nccnc4c(N4CC[C@@H]4C)n3)C[C@@H]12. The highest BCUT2D eigenvalue weighted by Crippen LogP contribution is 2.54. The number of rotatable bonds is 5. The Morgan fingerprint density at radius 1 is 1.26 bits per heavy atom. The van der Waals surface area contributed by atoms with Crippen molar-refractivity contribution in [1.82, 2.24) is 15.0 Å². The maximum Gasteiger partial charge on any atom is 0.306 e. The van der Waals surface area contributed by atoms with E-state index in [-0.39, 0.29) is 5.97 Å². The number of aromatic nitrogens is 3. The van der Waals surface area contributed by atoms with Crippen LogP contribution in [0.1, 0.15) is 26.7 Å². The van der Waals surface area contributed by atoms with Crippen molar-refractivity contribution in [3.63, 3.8) is 0 Å². The van der Waals surface area contributed by atoms with Gasteiger partial charge < -0.3 is 14.5 Å². The van der Waals surface area contributed by atoms with Crippen LogP contribution in [0.25, 0.3) is 11.0 Å². The van der Waals surface area contributed by atoms with E-state index in [1.807, 2.05) is 6.92 Å². The molecule has 2 aliphatic heterocycles. The highest BCUT2D eigenvalue weighted by atomic mass is 16.5. The van der Waals surface area contributed by atoms with Crippen molar-refractivity contribution in [3.8, 4) is 0 Å². The maximum absolute atomic E-state index is 11.7. The number of fused-ring (bicyclic) bond motifs is 2. The Bertz CT molecular complexity index is 876. The van der Waals surface area contributed by atoms with Gasteiger partial charge in [-0.05, 0) is 38.0 Å². The minimum atomic E-state index is -0.0587. The van der Waals surface area contributed by atoms with Gasteiger partial charge in [0.05, 0.1) is 12.1 Å². The Hall–Kier alpha value is -2.44. The number of carbonyl (C=O) groups excluding carboxylic acids is 1. The number of hydrogen-bond donors (Lipinski definition) is 0. The number of ether oxygens (including phenoxy) is 1. The molecule has 5 rings (SSSR count). The van der Waals surface area contributed by atoms with E-state index in [1.54, 1.807) is 12.4 Å². The molecule has 0 bridgehead atoms. The third-order valence-electron chi connectivity index (χ3n) is 6.42. The Kier molecular flexibility index (Phi) is 3.91. The molecule has 7 nitrogen and oxygen atoms in total. The first-order chi connectivity index (χ1) is 13.2. The smallest absolute Gasteiger partial charge is 0.306 e. The van der Waals surface area contributed by atoms with Gasteiger partial charge in [-0.2, -0.15) is 0 Å². The molecule has 2 aromatic rings. The first-order valence-electron chi connectivity index (χ1n) is 9.94. The van der Waals surface area contributed by atoms with Gasteiger partial charge in [0, 0.05) is 50.6 Å². The maximum atomic E-state index is 11.7. The predicted molar refractivity (Wildman–Crippen MR) is 103 cm³/mol. The first kappa shape index (κ1) is 16.7. The van der Waals surface area contributed by atoms with E-state index in [2.05, 4.69) is 32.8 Å². The summed E-state index contributed by atoms with van der Waals surface area (Å²) in [5, 5.41) is 0. The van der Waals surface area contributed by atoms with Crippen molar-refractivity contribution in [2.45, 2.75) is 32.7 Å². The lowest BCUT2D eigenvalue weighted by molar-refractivity contribution is -0.143. The second-order valence-corrected chi connectivity index (χ2v) is 7.96. The Labute approximate surface area is 158 Å². The average Bonchev–Trinajstić information content (AvgIpc) is 3.09. The molecule has 3 fully saturated rings. The van der Waals surface area contributed by atoms with Gasteiger partial charge >= 0.3 is 5.97 Å². The van der Waals surface area contributed by atoms with E-state index in [9.17, 15) is 4.79 Å². The predicted octanol–water partition coefficient (Wildman–Crippen LogP) is 2.26. The summed E-state index contributed by atoms with van der Waals surface area (Å²) in [6, 6.07) is 2.56. The van der Waals surface area contributed by atoms with Crippen molar-refractivity contribution in [3.05, 3.63) is 18.5 Å². The number of pyridine rings is 1. The van der Waals surface area contributed by atoms with Crippen molar-refractivity contribution >= 4 is 28.6 Å². The van der Waals surface area contributed by atoms with Crippen LogP contribution < -0.4 is 9.80 Å². The van der Waals surface area contributed by atoms with Gasteiger partial charge in [0.2, 0.25) is 0 Å².